The third-order valence-corrected chi connectivity index (χ3v) is 5.47. The molecule has 154 valence electrons. The highest BCUT2D eigenvalue weighted by Gasteiger charge is 2.20. The molecule has 0 N–H and O–H groups in total. The second kappa shape index (κ2) is 9.19. The lowest BCUT2D eigenvalue weighted by Gasteiger charge is -2.10. The van der Waals surface area contributed by atoms with Crippen LogP contribution in [-0.2, 0) is 20.8 Å². The van der Waals surface area contributed by atoms with Crippen LogP contribution >= 0.6 is 11.3 Å². The van der Waals surface area contributed by atoms with Crippen molar-refractivity contribution in [2.24, 2.45) is 0 Å². The van der Waals surface area contributed by atoms with E-state index in [1.165, 1.54) is 23.0 Å². The van der Waals surface area contributed by atoms with E-state index in [1.807, 2.05) is 38.1 Å². The van der Waals surface area contributed by atoms with Crippen LogP contribution in [0.4, 0.5) is 0 Å². The van der Waals surface area contributed by atoms with Gasteiger partial charge in [0.25, 0.3) is 5.56 Å². The molecule has 0 radical (unpaired) electrons. The Labute approximate surface area is 172 Å². The zero-order valence-electron chi connectivity index (χ0n) is 17.0. The van der Waals surface area contributed by atoms with E-state index < -0.39 is 5.97 Å². The normalized spacial score (nSPS) is 11.0. The van der Waals surface area contributed by atoms with Gasteiger partial charge in [-0.05, 0) is 38.5 Å². The first kappa shape index (κ1) is 21.0. The molecule has 3 aromatic rings. The van der Waals surface area contributed by atoms with E-state index in [0.717, 1.165) is 21.8 Å². The summed E-state index contributed by atoms with van der Waals surface area (Å²) >= 11 is 1.47. The van der Waals surface area contributed by atoms with Crippen LogP contribution in [0.3, 0.4) is 0 Å². The molecular weight excluding hydrogens is 392 g/mol. The molecule has 0 unspecified atom stereocenters. The number of hydrogen-bond acceptors (Lipinski definition) is 7. The quantitative estimate of drug-likeness (QED) is 0.414. The van der Waals surface area contributed by atoms with Crippen LogP contribution in [0, 0.1) is 13.8 Å². The predicted molar refractivity (Wildman–Crippen MR) is 113 cm³/mol. The van der Waals surface area contributed by atoms with Crippen LogP contribution < -0.4 is 10.3 Å². The molecule has 7 nitrogen and oxygen atoms in total. The van der Waals surface area contributed by atoms with E-state index >= 15 is 0 Å². The van der Waals surface area contributed by atoms with Gasteiger partial charge in [-0.1, -0.05) is 12.1 Å². The van der Waals surface area contributed by atoms with Crippen molar-refractivity contribution in [3.8, 4) is 16.9 Å². The molecule has 3 rings (SSSR count). The van der Waals surface area contributed by atoms with Crippen molar-refractivity contribution in [2.75, 3.05) is 26.9 Å². The van der Waals surface area contributed by atoms with E-state index in [0.29, 0.717) is 29.3 Å². The second-order valence-electron chi connectivity index (χ2n) is 6.43. The number of thiophene rings is 1. The van der Waals surface area contributed by atoms with Gasteiger partial charge in [-0.25, -0.2) is 4.98 Å². The van der Waals surface area contributed by atoms with Crippen LogP contribution in [0.25, 0.3) is 21.3 Å². The Morgan fingerprint density at radius 1 is 1.17 bits per heavy atom. The average molecular weight is 416 g/mol. The topological polar surface area (TPSA) is 79.7 Å². The number of rotatable bonds is 8. The molecule has 0 saturated heterocycles. The first-order valence-electron chi connectivity index (χ1n) is 9.34. The lowest BCUT2D eigenvalue weighted by Crippen LogP contribution is -2.28. The smallest absolute Gasteiger partial charge is 0.326 e. The summed E-state index contributed by atoms with van der Waals surface area (Å²) < 4.78 is 16.8. The Morgan fingerprint density at radius 3 is 2.55 bits per heavy atom. The SMILES string of the molecule is CCOc1ccc(-c2c(C)sc3nc(C)n(CC(=O)OCCOC)c(=O)c23)cc1. The Hall–Kier alpha value is -2.71. The predicted octanol–water partition coefficient (Wildman–Crippen LogP) is 3.33. The van der Waals surface area contributed by atoms with Gasteiger partial charge in [0.2, 0.25) is 0 Å². The van der Waals surface area contributed by atoms with E-state index in [4.69, 9.17) is 14.2 Å². The van der Waals surface area contributed by atoms with Gasteiger partial charge >= 0.3 is 5.97 Å². The maximum atomic E-state index is 13.3. The molecule has 0 aliphatic rings. The van der Waals surface area contributed by atoms with Gasteiger partial charge in [0.05, 0.1) is 18.6 Å². The van der Waals surface area contributed by atoms with Gasteiger partial charge in [-0.2, -0.15) is 0 Å². The number of ether oxygens (including phenoxy) is 3. The number of aromatic nitrogens is 2. The summed E-state index contributed by atoms with van der Waals surface area (Å²) in [7, 11) is 1.53. The molecule has 2 aromatic heterocycles. The van der Waals surface area contributed by atoms with Gasteiger partial charge in [-0.3, -0.25) is 14.2 Å². The zero-order chi connectivity index (χ0) is 21.0. The number of benzene rings is 1. The fourth-order valence-corrected chi connectivity index (χ4v) is 4.21. The third kappa shape index (κ3) is 4.49. The summed E-state index contributed by atoms with van der Waals surface area (Å²) in [4.78, 5) is 31.6. The minimum atomic E-state index is -0.497. The number of aryl methyl sites for hydroxylation is 2. The van der Waals surface area contributed by atoms with E-state index in [2.05, 4.69) is 4.98 Å². The highest BCUT2D eigenvalue weighted by molar-refractivity contribution is 7.19. The molecule has 0 amide bonds. The van der Waals surface area contributed by atoms with Crippen molar-refractivity contribution >= 4 is 27.5 Å². The van der Waals surface area contributed by atoms with Crippen LogP contribution in [0.2, 0.25) is 0 Å². The molecule has 0 atom stereocenters. The maximum absolute atomic E-state index is 13.3. The lowest BCUT2D eigenvalue weighted by atomic mass is 10.0. The summed E-state index contributed by atoms with van der Waals surface area (Å²) in [6.07, 6.45) is 0. The number of nitrogens with zero attached hydrogens (tertiary/aromatic N) is 2. The molecule has 2 heterocycles. The molecule has 0 aliphatic carbocycles. The Balaban J connectivity index is 2.03. The van der Waals surface area contributed by atoms with E-state index in [9.17, 15) is 9.59 Å². The van der Waals surface area contributed by atoms with Crippen molar-refractivity contribution in [1.29, 1.82) is 0 Å². The molecule has 0 fully saturated rings. The van der Waals surface area contributed by atoms with Crippen molar-refractivity contribution in [1.82, 2.24) is 9.55 Å². The minimum absolute atomic E-state index is 0.147. The number of esters is 1. The van der Waals surface area contributed by atoms with Crippen LogP contribution in [0.1, 0.15) is 17.6 Å². The maximum Gasteiger partial charge on any atom is 0.326 e. The zero-order valence-corrected chi connectivity index (χ0v) is 17.8. The molecule has 1 aromatic carbocycles. The number of carbonyl (C=O) groups is 1. The summed E-state index contributed by atoms with van der Waals surface area (Å²) in [6, 6.07) is 7.63. The van der Waals surface area contributed by atoms with Crippen molar-refractivity contribution in [3.63, 3.8) is 0 Å². The number of methoxy groups -OCH3 is 1. The summed E-state index contributed by atoms with van der Waals surface area (Å²) in [5.74, 6) is 0.757. The van der Waals surface area contributed by atoms with Gasteiger partial charge in [0, 0.05) is 17.6 Å². The molecule has 0 saturated carbocycles. The first-order valence-corrected chi connectivity index (χ1v) is 10.2. The Bertz CT molecular complexity index is 1070. The fraction of sp³-hybridized carbons (Fsp3) is 0.381. The summed E-state index contributed by atoms with van der Waals surface area (Å²) in [6.45, 7) is 6.48. The molecule has 29 heavy (non-hydrogen) atoms. The van der Waals surface area contributed by atoms with E-state index in [1.54, 1.807) is 6.92 Å². The Morgan fingerprint density at radius 2 is 1.90 bits per heavy atom. The lowest BCUT2D eigenvalue weighted by molar-refractivity contribution is -0.145. The van der Waals surface area contributed by atoms with Gasteiger partial charge in [0.1, 0.15) is 29.6 Å². The highest BCUT2D eigenvalue weighted by atomic mass is 32.1. The molecule has 0 spiro atoms. The van der Waals surface area contributed by atoms with Gasteiger partial charge < -0.3 is 14.2 Å². The fourth-order valence-electron chi connectivity index (χ4n) is 3.13. The van der Waals surface area contributed by atoms with Crippen LogP contribution in [0.15, 0.2) is 29.1 Å². The molecule has 8 heteroatoms. The summed E-state index contributed by atoms with van der Waals surface area (Å²) in [5, 5.41) is 0.520. The van der Waals surface area contributed by atoms with Crippen molar-refractivity contribution < 1.29 is 19.0 Å². The van der Waals surface area contributed by atoms with Crippen molar-refractivity contribution in [3.05, 3.63) is 45.3 Å². The molecule has 0 bridgehead atoms. The van der Waals surface area contributed by atoms with Crippen molar-refractivity contribution in [2.45, 2.75) is 27.3 Å². The largest absolute Gasteiger partial charge is 0.494 e. The van der Waals surface area contributed by atoms with E-state index in [-0.39, 0.29) is 18.7 Å². The first-order chi connectivity index (χ1) is 14.0. The number of fused-ring (bicyclic) bond motifs is 1. The van der Waals surface area contributed by atoms with Gasteiger partial charge in [-0.15, -0.1) is 11.3 Å². The second-order valence-corrected chi connectivity index (χ2v) is 7.64. The van der Waals surface area contributed by atoms with Crippen LogP contribution in [-0.4, -0.2) is 42.5 Å². The Kier molecular flexibility index (Phi) is 6.66. The summed E-state index contributed by atoms with van der Waals surface area (Å²) in [5.41, 5.74) is 1.51. The standard InChI is InChI=1S/C21H24N2O5S/c1-5-27-16-8-6-15(7-9-16)18-13(2)29-20-19(18)21(25)23(14(3)22-20)12-17(24)28-11-10-26-4/h6-9H,5,10-12H2,1-4H3. The monoisotopic (exact) mass is 416 g/mol. The average Bonchev–Trinajstić information content (AvgIpc) is 3.02. The molecular formula is C21H24N2O5S. The molecule has 0 aliphatic heterocycles. The highest BCUT2D eigenvalue weighted by Crippen LogP contribution is 2.36. The number of carbonyl (C=O) groups excluding carboxylic acids is 1. The third-order valence-electron chi connectivity index (χ3n) is 4.47. The van der Waals surface area contributed by atoms with Gasteiger partial charge in [0.15, 0.2) is 0 Å². The van der Waals surface area contributed by atoms with Crippen LogP contribution in [0.5, 0.6) is 5.75 Å². The minimum Gasteiger partial charge on any atom is -0.494 e. The number of hydrogen-bond donors (Lipinski definition) is 0.